The van der Waals surface area contributed by atoms with Gasteiger partial charge in [0.2, 0.25) is 0 Å². The van der Waals surface area contributed by atoms with Gasteiger partial charge in [0.05, 0.1) is 5.39 Å². The molecule has 2 aromatic rings. The van der Waals surface area contributed by atoms with Crippen molar-refractivity contribution in [3.8, 4) is 0 Å². The Hall–Kier alpha value is -1.58. The molecule has 0 saturated carbocycles. The molecule has 0 aliphatic heterocycles. The summed E-state index contributed by atoms with van der Waals surface area (Å²) in [5, 5.41) is 4.44. The summed E-state index contributed by atoms with van der Waals surface area (Å²) < 4.78 is 0. The largest absolute Gasteiger partial charge is 0.367 e. The zero-order valence-corrected chi connectivity index (χ0v) is 10.9. The molecule has 0 bridgehead atoms. The average molecular weight is 232 g/mol. The van der Waals surface area contributed by atoms with Crippen molar-refractivity contribution in [3.63, 3.8) is 0 Å². The Kier molecular flexibility index (Phi) is 3.31. The fraction of sp³-hybridized carbons (Fsp3) is 0.538. The average Bonchev–Trinajstić information content (AvgIpc) is 2.63. The molecule has 92 valence electrons. The lowest BCUT2D eigenvalue weighted by atomic mass is 10.1. The maximum absolute atomic E-state index is 4.61. The zero-order chi connectivity index (χ0) is 12.4. The highest BCUT2D eigenvalue weighted by atomic mass is 15.1. The smallest absolute Gasteiger partial charge is 0.143 e. The normalized spacial score (nSPS) is 11.6. The lowest BCUT2D eigenvalue weighted by Gasteiger charge is -2.12. The minimum atomic E-state index is 0.370. The molecule has 2 rings (SSSR count). The number of rotatable bonds is 4. The fourth-order valence-electron chi connectivity index (χ4n) is 1.83. The van der Waals surface area contributed by atoms with E-state index in [4.69, 9.17) is 0 Å². The van der Waals surface area contributed by atoms with E-state index in [-0.39, 0.29) is 0 Å². The standard InChI is InChI=1S/C13H20N4/c1-8(2)7-11-16-12-10(5-6-14-12)13(17-11)15-9(3)4/h5-6,8-9H,7H2,1-4H3,(H2,14,15,16,17). The number of aromatic amines is 1. The van der Waals surface area contributed by atoms with Crippen LogP contribution >= 0.6 is 0 Å². The van der Waals surface area contributed by atoms with Gasteiger partial charge in [0.1, 0.15) is 17.3 Å². The number of hydrogen-bond acceptors (Lipinski definition) is 3. The molecular formula is C13H20N4. The van der Waals surface area contributed by atoms with Crippen molar-refractivity contribution in [1.29, 1.82) is 0 Å². The summed E-state index contributed by atoms with van der Waals surface area (Å²) >= 11 is 0. The molecule has 17 heavy (non-hydrogen) atoms. The lowest BCUT2D eigenvalue weighted by molar-refractivity contribution is 0.622. The minimum Gasteiger partial charge on any atom is -0.367 e. The van der Waals surface area contributed by atoms with E-state index < -0.39 is 0 Å². The van der Waals surface area contributed by atoms with Crippen LogP contribution in [0.4, 0.5) is 5.82 Å². The van der Waals surface area contributed by atoms with Crippen molar-refractivity contribution in [1.82, 2.24) is 15.0 Å². The second-order valence-corrected chi connectivity index (χ2v) is 5.13. The van der Waals surface area contributed by atoms with Crippen LogP contribution in [0.5, 0.6) is 0 Å². The topological polar surface area (TPSA) is 53.6 Å². The third-order valence-corrected chi connectivity index (χ3v) is 2.48. The van der Waals surface area contributed by atoms with Crippen molar-refractivity contribution < 1.29 is 0 Å². The molecule has 4 nitrogen and oxygen atoms in total. The summed E-state index contributed by atoms with van der Waals surface area (Å²) in [7, 11) is 0. The summed E-state index contributed by atoms with van der Waals surface area (Å²) in [6, 6.07) is 2.38. The molecule has 0 aliphatic carbocycles. The zero-order valence-electron chi connectivity index (χ0n) is 10.9. The molecule has 4 heteroatoms. The van der Waals surface area contributed by atoms with E-state index in [9.17, 15) is 0 Å². The Morgan fingerprint density at radius 3 is 2.65 bits per heavy atom. The first-order chi connectivity index (χ1) is 8.06. The third kappa shape index (κ3) is 2.75. The Morgan fingerprint density at radius 1 is 1.24 bits per heavy atom. The predicted molar refractivity (Wildman–Crippen MR) is 71.2 cm³/mol. The van der Waals surface area contributed by atoms with Crippen molar-refractivity contribution in [2.45, 2.75) is 40.2 Å². The van der Waals surface area contributed by atoms with E-state index in [1.54, 1.807) is 0 Å². The molecule has 0 aliphatic rings. The summed E-state index contributed by atoms with van der Waals surface area (Å²) in [5.41, 5.74) is 0.916. The molecular weight excluding hydrogens is 212 g/mol. The van der Waals surface area contributed by atoms with Gasteiger partial charge in [-0.15, -0.1) is 0 Å². The van der Waals surface area contributed by atoms with E-state index in [1.807, 2.05) is 12.3 Å². The van der Waals surface area contributed by atoms with Gasteiger partial charge in [0.15, 0.2) is 0 Å². The van der Waals surface area contributed by atoms with Crippen molar-refractivity contribution in [2.24, 2.45) is 5.92 Å². The first-order valence-electron chi connectivity index (χ1n) is 6.16. The van der Waals surface area contributed by atoms with Gasteiger partial charge in [0.25, 0.3) is 0 Å². The molecule has 0 fully saturated rings. The van der Waals surface area contributed by atoms with Crippen LogP contribution in [-0.2, 0) is 6.42 Å². The van der Waals surface area contributed by atoms with Gasteiger partial charge in [-0.25, -0.2) is 9.97 Å². The molecule has 0 aromatic carbocycles. The summed E-state index contributed by atoms with van der Waals surface area (Å²) in [4.78, 5) is 12.3. The van der Waals surface area contributed by atoms with E-state index in [1.165, 1.54) is 0 Å². The first kappa shape index (κ1) is 11.9. The minimum absolute atomic E-state index is 0.370. The molecule has 2 aromatic heterocycles. The quantitative estimate of drug-likeness (QED) is 0.852. The second-order valence-electron chi connectivity index (χ2n) is 5.13. The van der Waals surface area contributed by atoms with Gasteiger partial charge in [-0.3, -0.25) is 0 Å². The van der Waals surface area contributed by atoms with Gasteiger partial charge in [-0.05, 0) is 25.8 Å². The molecule has 0 saturated heterocycles. The van der Waals surface area contributed by atoms with Crippen molar-refractivity contribution >= 4 is 16.9 Å². The molecule has 2 N–H and O–H groups in total. The van der Waals surface area contributed by atoms with E-state index in [0.29, 0.717) is 12.0 Å². The monoisotopic (exact) mass is 232 g/mol. The highest BCUT2D eigenvalue weighted by Gasteiger charge is 2.10. The number of hydrogen-bond donors (Lipinski definition) is 2. The molecule has 0 atom stereocenters. The Balaban J connectivity index is 2.43. The highest BCUT2D eigenvalue weighted by molar-refractivity contribution is 5.87. The van der Waals surface area contributed by atoms with Gasteiger partial charge in [0, 0.05) is 18.7 Å². The van der Waals surface area contributed by atoms with E-state index >= 15 is 0 Å². The van der Waals surface area contributed by atoms with Gasteiger partial charge < -0.3 is 10.3 Å². The Labute approximate surface area is 102 Å². The van der Waals surface area contributed by atoms with E-state index in [0.717, 1.165) is 29.1 Å². The van der Waals surface area contributed by atoms with Crippen LogP contribution in [0, 0.1) is 5.92 Å². The third-order valence-electron chi connectivity index (χ3n) is 2.48. The van der Waals surface area contributed by atoms with Crippen molar-refractivity contribution in [3.05, 3.63) is 18.1 Å². The lowest BCUT2D eigenvalue weighted by Crippen LogP contribution is -2.13. The van der Waals surface area contributed by atoms with Crippen LogP contribution in [0.15, 0.2) is 12.3 Å². The van der Waals surface area contributed by atoms with Crippen LogP contribution in [0.25, 0.3) is 11.0 Å². The van der Waals surface area contributed by atoms with Crippen LogP contribution in [-0.4, -0.2) is 21.0 Å². The first-order valence-corrected chi connectivity index (χ1v) is 6.16. The predicted octanol–water partition coefficient (Wildman–Crippen LogP) is 2.98. The number of aromatic nitrogens is 3. The molecule has 0 spiro atoms. The van der Waals surface area contributed by atoms with Crippen LogP contribution in [0.1, 0.15) is 33.5 Å². The van der Waals surface area contributed by atoms with Crippen LogP contribution in [0.2, 0.25) is 0 Å². The molecule has 2 heterocycles. The van der Waals surface area contributed by atoms with Crippen LogP contribution < -0.4 is 5.32 Å². The molecule has 0 unspecified atom stereocenters. The fourth-order valence-corrected chi connectivity index (χ4v) is 1.83. The van der Waals surface area contributed by atoms with Gasteiger partial charge in [-0.2, -0.15) is 0 Å². The molecule has 0 radical (unpaired) electrons. The Morgan fingerprint density at radius 2 is 2.00 bits per heavy atom. The summed E-state index contributed by atoms with van der Waals surface area (Å²) in [6.45, 7) is 8.58. The highest BCUT2D eigenvalue weighted by Crippen LogP contribution is 2.20. The maximum atomic E-state index is 4.61. The van der Waals surface area contributed by atoms with Gasteiger partial charge in [-0.1, -0.05) is 13.8 Å². The second kappa shape index (κ2) is 4.73. The number of H-pyrrole nitrogens is 1. The van der Waals surface area contributed by atoms with Gasteiger partial charge >= 0.3 is 0 Å². The van der Waals surface area contributed by atoms with Crippen molar-refractivity contribution in [2.75, 3.05) is 5.32 Å². The van der Waals surface area contributed by atoms with E-state index in [2.05, 4.69) is 48.0 Å². The number of anilines is 1. The summed E-state index contributed by atoms with van der Waals surface area (Å²) in [6.07, 6.45) is 2.81. The summed E-state index contributed by atoms with van der Waals surface area (Å²) in [5.74, 6) is 2.40. The Bertz CT molecular complexity index is 499. The van der Waals surface area contributed by atoms with Crippen LogP contribution in [0.3, 0.4) is 0 Å². The number of nitrogens with zero attached hydrogens (tertiary/aromatic N) is 2. The number of fused-ring (bicyclic) bond motifs is 1. The number of nitrogens with one attached hydrogen (secondary N) is 2. The molecule has 0 amide bonds. The maximum Gasteiger partial charge on any atom is 0.143 e. The SMILES string of the molecule is CC(C)Cc1nc(NC(C)C)c2cc[nH]c2n1.